The van der Waals surface area contributed by atoms with Crippen LogP contribution in [0.15, 0.2) is 0 Å². The van der Waals surface area contributed by atoms with E-state index >= 15 is 0 Å². The molecular weight excluding hydrogens is 308 g/mol. The van der Waals surface area contributed by atoms with Crippen LogP contribution in [0, 0.1) is 5.92 Å². The SMILES string of the molecule is CC(OC(=O)NC1C(=O)N2C(C(=O)O)C(C)(C)S[C@H]12)C1CC1. The summed E-state index contributed by atoms with van der Waals surface area (Å²) in [6.45, 7) is 5.44. The van der Waals surface area contributed by atoms with Gasteiger partial charge in [0, 0.05) is 4.75 Å². The molecule has 2 N–H and O–H groups in total. The van der Waals surface area contributed by atoms with Crippen LogP contribution in [0.4, 0.5) is 4.79 Å². The van der Waals surface area contributed by atoms with E-state index in [4.69, 9.17) is 4.74 Å². The molecule has 3 aliphatic rings. The van der Waals surface area contributed by atoms with E-state index in [2.05, 4.69) is 5.32 Å². The summed E-state index contributed by atoms with van der Waals surface area (Å²) in [4.78, 5) is 36.8. The van der Waals surface area contributed by atoms with E-state index in [9.17, 15) is 19.5 Å². The molecule has 1 aliphatic carbocycles. The predicted octanol–water partition coefficient (Wildman–Crippen LogP) is 1.03. The Morgan fingerprint density at radius 1 is 1.45 bits per heavy atom. The molecule has 0 radical (unpaired) electrons. The summed E-state index contributed by atoms with van der Waals surface area (Å²) < 4.78 is 4.67. The Bertz CT molecular complexity index is 533. The van der Waals surface area contributed by atoms with Crippen molar-refractivity contribution in [2.45, 2.75) is 61.9 Å². The number of hydrogen-bond acceptors (Lipinski definition) is 5. The third-order valence-corrected chi connectivity index (χ3v) is 6.10. The third-order valence-electron chi connectivity index (χ3n) is 4.53. The first-order valence-corrected chi connectivity index (χ1v) is 8.30. The first-order valence-electron chi connectivity index (χ1n) is 7.42. The van der Waals surface area contributed by atoms with Crippen molar-refractivity contribution < 1.29 is 24.2 Å². The largest absolute Gasteiger partial charge is 0.480 e. The van der Waals surface area contributed by atoms with Gasteiger partial charge in [0.05, 0.1) is 0 Å². The summed E-state index contributed by atoms with van der Waals surface area (Å²) in [5.74, 6) is -0.946. The van der Waals surface area contributed by atoms with E-state index in [-0.39, 0.29) is 17.4 Å². The van der Waals surface area contributed by atoms with Gasteiger partial charge in [0.1, 0.15) is 23.6 Å². The zero-order valence-corrected chi connectivity index (χ0v) is 13.6. The second-order valence-electron chi connectivity index (χ2n) is 6.67. The van der Waals surface area contributed by atoms with Crippen LogP contribution in [0.1, 0.15) is 33.6 Å². The molecule has 122 valence electrons. The molecule has 8 heteroatoms. The van der Waals surface area contributed by atoms with Gasteiger partial charge in [-0.05, 0) is 39.5 Å². The first kappa shape index (κ1) is 15.5. The minimum atomic E-state index is -1.02. The van der Waals surface area contributed by atoms with Gasteiger partial charge in [-0.1, -0.05) is 0 Å². The number of hydrogen-bond donors (Lipinski definition) is 2. The molecule has 0 aromatic rings. The molecular formula is C14H20N2O5S. The molecule has 0 bridgehead atoms. The number of rotatable bonds is 4. The number of amides is 2. The molecule has 0 spiro atoms. The molecule has 2 aliphatic heterocycles. The zero-order valence-electron chi connectivity index (χ0n) is 12.7. The Morgan fingerprint density at radius 2 is 2.09 bits per heavy atom. The van der Waals surface area contributed by atoms with Crippen molar-refractivity contribution in [3.63, 3.8) is 0 Å². The van der Waals surface area contributed by atoms with Gasteiger partial charge in [0.15, 0.2) is 0 Å². The van der Waals surface area contributed by atoms with Crippen LogP contribution in [-0.4, -0.2) is 56.3 Å². The molecule has 2 amide bonds. The van der Waals surface area contributed by atoms with E-state index in [1.165, 1.54) is 16.7 Å². The summed E-state index contributed by atoms with van der Waals surface area (Å²) in [5, 5.41) is 11.6. The van der Waals surface area contributed by atoms with Crippen LogP contribution in [0.5, 0.6) is 0 Å². The highest BCUT2D eigenvalue weighted by molar-refractivity contribution is 8.01. The number of nitrogens with one attached hydrogen (secondary N) is 1. The smallest absolute Gasteiger partial charge is 0.408 e. The van der Waals surface area contributed by atoms with Crippen molar-refractivity contribution in [2.24, 2.45) is 5.92 Å². The highest BCUT2D eigenvalue weighted by atomic mass is 32.2. The maximum atomic E-state index is 12.2. The fraction of sp³-hybridized carbons (Fsp3) is 0.786. The van der Waals surface area contributed by atoms with Crippen LogP contribution >= 0.6 is 11.8 Å². The predicted molar refractivity (Wildman–Crippen MR) is 79.3 cm³/mol. The Kier molecular flexibility index (Phi) is 3.54. The Balaban J connectivity index is 1.62. The lowest BCUT2D eigenvalue weighted by Crippen LogP contribution is -2.70. The molecule has 2 saturated heterocycles. The number of β-lactam (4-membered cyclic amide) rings is 1. The summed E-state index contributed by atoms with van der Waals surface area (Å²) in [5.41, 5.74) is 0. The molecule has 0 aromatic carbocycles. The molecule has 3 rings (SSSR count). The van der Waals surface area contributed by atoms with Gasteiger partial charge in [-0.3, -0.25) is 4.79 Å². The number of carbonyl (C=O) groups is 3. The number of fused-ring (bicyclic) bond motifs is 1. The van der Waals surface area contributed by atoms with Gasteiger partial charge in [-0.2, -0.15) is 0 Å². The Hall–Kier alpha value is -1.44. The zero-order chi connectivity index (χ0) is 16.2. The molecule has 22 heavy (non-hydrogen) atoms. The molecule has 3 fully saturated rings. The number of carboxylic acid groups (broad SMARTS) is 1. The van der Waals surface area contributed by atoms with Crippen LogP contribution in [0.2, 0.25) is 0 Å². The van der Waals surface area contributed by atoms with E-state index in [1.807, 2.05) is 6.92 Å². The average Bonchev–Trinajstić information content (AvgIpc) is 3.21. The van der Waals surface area contributed by atoms with Crippen LogP contribution < -0.4 is 5.32 Å². The monoisotopic (exact) mass is 328 g/mol. The lowest BCUT2D eigenvalue weighted by Gasteiger charge is -2.43. The van der Waals surface area contributed by atoms with E-state index in [1.54, 1.807) is 13.8 Å². The highest BCUT2D eigenvalue weighted by Gasteiger charge is 2.64. The number of alkyl carbamates (subject to hydrolysis) is 1. The normalized spacial score (nSPS) is 33.7. The second-order valence-corrected chi connectivity index (χ2v) is 8.44. The summed E-state index contributed by atoms with van der Waals surface area (Å²) >= 11 is 1.40. The van der Waals surface area contributed by atoms with Crippen LogP contribution in [-0.2, 0) is 14.3 Å². The van der Waals surface area contributed by atoms with Gasteiger partial charge in [-0.15, -0.1) is 11.8 Å². The third kappa shape index (κ3) is 2.43. The quantitative estimate of drug-likeness (QED) is 0.748. The maximum Gasteiger partial charge on any atom is 0.408 e. The molecule has 7 nitrogen and oxygen atoms in total. The standard InChI is InChI=1S/C14H20N2O5S/c1-6(7-4-5-7)21-13(20)15-8-10(17)16-9(12(18)19)14(2,3)22-11(8)16/h6-9,11H,4-5H2,1-3H3,(H,15,20)(H,18,19)/t6?,8?,9?,11-/m1/s1. The average molecular weight is 328 g/mol. The number of aliphatic carboxylic acids is 1. The maximum absolute atomic E-state index is 12.2. The molecule has 0 aromatic heterocycles. The summed E-state index contributed by atoms with van der Waals surface area (Å²) in [6, 6.07) is -1.57. The van der Waals surface area contributed by atoms with Gasteiger partial charge in [0.25, 0.3) is 0 Å². The van der Waals surface area contributed by atoms with Gasteiger partial charge < -0.3 is 20.1 Å². The van der Waals surface area contributed by atoms with E-state index < -0.39 is 28.9 Å². The minimum Gasteiger partial charge on any atom is -0.480 e. The summed E-state index contributed by atoms with van der Waals surface area (Å²) in [6.07, 6.45) is 1.38. The van der Waals surface area contributed by atoms with Gasteiger partial charge in [-0.25, -0.2) is 9.59 Å². The van der Waals surface area contributed by atoms with E-state index in [0.29, 0.717) is 5.92 Å². The molecule has 4 atom stereocenters. The van der Waals surface area contributed by atoms with Crippen LogP contribution in [0.25, 0.3) is 0 Å². The fourth-order valence-electron chi connectivity index (χ4n) is 3.14. The molecule has 2 heterocycles. The van der Waals surface area contributed by atoms with Crippen molar-refractivity contribution in [1.82, 2.24) is 10.2 Å². The van der Waals surface area contributed by atoms with Gasteiger partial charge in [0.2, 0.25) is 5.91 Å². The van der Waals surface area contributed by atoms with Crippen molar-refractivity contribution in [2.75, 3.05) is 0 Å². The Labute approximate surface area is 132 Å². The molecule has 1 saturated carbocycles. The number of ether oxygens (including phenoxy) is 1. The fourth-order valence-corrected chi connectivity index (χ4v) is 4.76. The molecule has 3 unspecified atom stereocenters. The van der Waals surface area contributed by atoms with Crippen LogP contribution in [0.3, 0.4) is 0 Å². The number of thioether (sulfide) groups is 1. The topological polar surface area (TPSA) is 95.9 Å². The first-order chi connectivity index (χ1) is 10.2. The lowest BCUT2D eigenvalue weighted by atomic mass is 9.96. The summed E-state index contributed by atoms with van der Waals surface area (Å²) in [7, 11) is 0. The van der Waals surface area contributed by atoms with Crippen molar-refractivity contribution in [3.8, 4) is 0 Å². The van der Waals surface area contributed by atoms with E-state index in [0.717, 1.165) is 12.8 Å². The lowest BCUT2D eigenvalue weighted by molar-refractivity contribution is -0.160. The van der Waals surface area contributed by atoms with Crippen molar-refractivity contribution >= 4 is 29.7 Å². The number of carbonyl (C=O) groups excluding carboxylic acids is 2. The second kappa shape index (κ2) is 5.04. The van der Waals surface area contributed by atoms with Gasteiger partial charge >= 0.3 is 12.1 Å². The van der Waals surface area contributed by atoms with Crippen molar-refractivity contribution in [3.05, 3.63) is 0 Å². The number of carboxylic acids is 1. The number of nitrogens with zero attached hydrogens (tertiary/aromatic N) is 1. The minimum absolute atomic E-state index is 0.147. The Morgan fingerprint density at radius 3 is 2.64 bits per heavy atom. The van der Waals surface area contributed by atoms with Crippen molar-refractivity contribution in [1.29, 1.82) is 0 Å². The highest BCUT2D eigenvalue weighted by Crippen LogP contribution is 2.50.